The Hall–Kier alpha value is -3.50. The number of hydrogen-bond acceptors (Lipinski definition) is 10. The molecular formula is C55H83N5O7. The molecule has 12 nitrogen and oxygen atoms in total. The molecule has 67 heavy (non-hydrogen) atoms. The first-order chi connectivity index (χ1) is 31.7. The molecule has 0 bridgehead atoms. The molecule has 16 atom stereocenters. The average molecular weight is 926 g/mol. The molecule has 0 spiro atoms. The summed E-state index contributed by atoms with van der Waals surface area (Å²) in [5, 5.41) is 32.0. The van der Waals surface area contributed by atoms with Crippen molar-refractivity contribution in [3.63, 3.8) is 0 Å². The second-order valence-electron chi connectivity index (χ2n) is 23.5. The van der Waals surface area contributed by atoms with Crippen molar-refractivity contribution in [1.29, 1.82) is 10.7 Å². The number of amides is 1. The molecule has 4 saturated carbocycles. The predicted octanol–water partition coefficient (Wildman–Crippen LogP) is 8.88. The van der Waals surface area contributed by atoms with Crippen LogP contribution in [0.5, 0.6) is 0 Å². The fraction of sp³-hybridized carbons (Fsp3) is 0.782. The third kappa shape index (κ3) is 9.97. The maximum atomic E-state index is 13.3. The second kappa shape index (κ2) is 19.4. The van der Waals surface area contributed by atoms with Gasteiger partial charge < -0.3 is 33.9 Å². The molecule has 16 unspecified atom stereocenters. The lowest BCUT2D eigenvalue weighted by Gasteiger charge is -2.50. The van der Waals surface area contributed by atoms with Crippen molar-refractivity contribution < 1.29 is 33.6 Å². The van der Waals surface area contributed by atoms with Gasteiger partial charge in [-0.1, -0.05) is 29.4 Å². The number of likely N-dealkylation sites (tertiary alicyclic amines) is 1. The number of methoxy groups -OCH3 is 1. The van der Waals surface area contributed by atoms with Gasteiger partial charge in [0.2, 0.25) is 5.91 Å². The van der Waals surface area contributed by atoms with E-state index in [4.69, 9.17) is 18.9 Å². The van der Waals surface area contributed by atoms with Crippen LogP contribution in [0.3, 0.4) is 0 Å². The van der Waals surface area contributed by atoms with Crippen molar-refractivity contribution >= 4 is 17.7 Å². The van der Waals surface area contributed by atoms with Gasteiger partial charge in [0, 0.05) is 43.6 Å². The van der Waals surface area contributed by atoms with Gasteiger partial charge in [0.25, 0.3) is 0 Å². The minimum Gasteiger partial charge on any atom is -0.491 e. The molecule has 1 amide bonds. The lowest BCUT2D eigenvalue weighted by atomic mass is 9.64. The van der Waals surface area contributed by atoms with Gasteiger partial charge in [0.1, 0.15) is 23.1 Å². The van der Waals surface area contributed by atoms with Crippen LogP contribution < -0.4 is 0 Å². The zero-order valence-corrected chi connectivity index (χ0v) is 42.8. The number of aliphatic hydroxyl groups excluding tert-OH is 1. The number of fused-ring (bicyclic) bond motifs is 5. The van der Waals surface area contributed by atoms with Crippen LogP contribution >= 0.6 is 0 Å². The van der Waals surface area contributed by atoms with Crippen molar-refractivity contribution in [3.8, 4) is 6.07 Å². The van der Waals surface area contributed by atoms with E-state index in [9.17, 15) is 25.4 Å². The van der Waals surface area contributed by atoms with Crippen molar-refractivity contribution in [2.45, 2.75) is 162 Å². The lowest BCUT2D eigenvalue weighted by molar-refractivity contribution is -0.154. The topological polar surface area (TPSA) is 149 Å². The van der Waals surface area contributed by atoms with Crippen LogP contribution in [0, 0.1) is 87.8 Å². The molecule has 4 heterocycles. The monoisotopic (exact) mass is 926 g/mol. The van der Waals surface area contributed by atoms with Crippen LogP contribution in [-0.4, -0.2) is 114 Å². The van der Waals surface area contributed by atoms with E-state index in [-0.39, 0.29) is 77.2 Å². The van der Waals surface area contributed by atoms with E-state index >= 15 is 0 Å². The normalized spacial score (nSPS) is 36.9. The summed E-state index contributed by atoms with van der Waals surface area (Å²) in [6.45, 7) is 21.4. The lowest BCUT2D eigenvalue weighted by Crippen LogP contribution is -2.57. The number of carbonyl (C=O) groups is 2. The van der Waals surface area contributed by atoms with E-state index in [1.165, 1.54) is 18.3 Å². The summed E-state index contributed by atoms with van der Waals surface area (Å²) >= 11 is 0. The van der Waals surface area contributed by atoms with E-state index in [1.54, 1.807) is 11.8 Å². The van der Waals surface area contributed by atoms with E-state index in [2.05, 4.69) is 90.5 Å². The number of hydrogen-bond donors (Lipinski definition) is 2. The van der Waals surface area contributed by atoms with E-state index in [0.717, 1.165) is 69.2 Å². The Balaban J connectivity index is 1.14. The molecular weight excluding hydrogens is 843 g/mol. The van der Waals surface area contributed by atoms with Gasteiger partial charge in [-0.15, -0.1) is 0 Å². The molecule has 0 aromatic heterocycles. The van der Waals surface area contributed by atoms with Gasteiger partial charge in [0.05, 0.1) is 44.1 Å². The summed E-state index contributed by atoms with van der Waals surface area (Å²) in [5.41, 5.74) is 3.59. The molecule has 3 saturated heterocycles. The van der Waals surface area contributed by atoms with Gasteiger partial charge in [-0.05, 0) is 186 Å². The van der Waals surface area contributed by atoms with Crippen LogP contribution in [0.25, 0.3) is 0 Å². The summed E-state index contributed by atoms with van der Waals surface area (Å²) in [7, 11) is 5.50. The zero-order valence-electron chi connectivity index (χ0n) is 42.8. The highest BCUT2D eigenvalue weighted by Crippen LogP contribution is 2.75. The molecule has 8 aliphatic rings. The van der Waals surface area contributed by atoms with Gasteiger partial charge in [-0.2, -0.15) is 5.26 Å². The van der Waals surface area contributed by atoms with Crippen LogP contribution in [0.1, 0.15) is 127 Å². The van der Waals surface area contributed by atoms with Crippen LogP contribution in [0.4, 0.5) is 0 Å². The third-order valence-electron chi connectivity index (χ3n) is 18.0. The van der Waals surface area contributed by atoms with Crippen molar-refractivity contribution in [1.82, 2.24) is 14.7 Å². The fourth-order valence-corrected chi connectivity index (χ4v) is 14.6. The Labute approximate surface area is 402 Å². The minimum absolute atomic E-state index is 0.0501. The number of nitrogens with one attached hydrogen (secondary N) is 1. The number of esters is 1. The summed E-state index contributed by atoms with van der Waals surface area (Å²) < 4.78 is 26.2. The number of ether oxygens (including phenoxy) is 4. The molecule has 0 aromatic carbocycles. The fourth-order valence-electron chi connectivity index (χ4n) is 14.6. The maximum Gasteiger partial charge on any atom is 0.333 e. The number of piperidine rings is 1. The van der Waals surface area contributed by atoms with Crippen LogP contribution in [-0.2, 0) is 28.5 Å². The zero-order chi connectivity index (χ0) is 48.4. The first-order valence-electron chi connectivity index (χ1n) is 25.8. The second-order valence-corrected chi connectivity index (χ2v) is 23.5. The molecule has 4 aliphatic heterocycles. The van der Waals surface area contributed by atoms with Crippen LogP contribution in [0.2, 0.25) is 0 Å². The van der Waals surface area contributed by atoms with Gasteiger partial charge in [-0.3, -0.25) is 15.1 Å². The summed E-state index contributed by atoms with van der Waals surface area (Å²) in [4.78, 5) is 31.8. The third-order valence-corrected chi connectivity index (χ3v) is 18.0. The Kier molecular flexibility index (Phi) is 14.4. The molecule has 8 rings (SSSR count). The number of aliphatic hydroxyl groups is 1. The van der Waals surface area contributed by atoms with E-state index in [1.807, 2.05) is 13.1 Å². The molecule has 4 aliphatic carbocycles. The summed E-state index contributed by atoms with van der Waals surface area (Å²) in [6.07, 6.45) is 13.1. The molecule has 0 radical (unpaired) electrons. The van der Waals surface area contributed by atoms with E-state index in [0.29, 0.717) is 60.6 Å². The average Bonchev–Trinajstić information content (AvgIpc) is 4.19. The molecule has 2 N–H and O–H groups in total. The number of nitriles is 1. The van der Waals surface area contributed by atoms with Gasteiger partial charge >= 0.3 is 5.97 Å². The largest absolute Gasteiger partial charge is 0.491 e. The highest BCUT2D eigenvalue weighted by atomic mass is 16.6. The van der Waals surface area contributed by atoms with Crippen molar-refractivity contribution in [2.75, 3.05) is 41.0 Å². The SMILES string of the molecule is COC(=O)C(C)=CCC1CC2C3C(C#N)C(=N)N(C)C(CC(C4CC4)C(CC=C(C)C)C4=C(C(C)OC(O)CC(=O)N5CCN(C)C5)C5CC5C(C)(CCC=C(C)C)O4)C3C3C2C3C(C)(C)O1. The Morgan fingerprint density at radius 3 is 2.34 bits per heavy atom. The highest BCUT2D eigenvalue weighted by Gasteiger charge is 2.75. The summed E-state index contributed by atoms with van der Waals surface area (Å²) in [6, 6.07) is 2.75. The molecule has 370 valence electrons. The maximum absolute atomic E-state index is 13.3. The number of amidine groups is 1. The first-order valence-corrected chi connectivity index (χ1v) is 25.8. The molecule has 7 fully saturated rings. The van der Waals surface area contributed by atoms with E-state index < -0.39 is 18.3 Å². The van der Waals surface area contributed by atoms with Crippen LogP contribution in [0.15, 0.2) is 46.3 Å². The Morgan fingerprint density at radius 2 is 1.72 bits per heavy atom. The number of nitrogens with zero attached hydrogens (tertiary/aromatic N) is 4. The van der Waals surface area contributed by atoms with Gasteiger partial charge in [-0.25, -0.2) is 4.79 Å². The number of carbonyl (C=O) groups excluding carboxylic acids is 2. The Morgan fingerprint density at radius 1 is 1.00 bits per heavy atom. The minimum atomic E-state index is -1.23. The van der Waals surface area contributed by atoms with Crippen molar-refractivity contribution in [2.24, 2.45) is 71.0 Å². The number of rotatable bonds is 18. The smallest absolute Gasteiger partial charge is 0.333 e. The van der Waals surface area contributed by atoms with Crippen molar-refractivity contribution in [3.05, 3.63) is 46.3 Å². The number of likely N-dealkylation sites (N-methyl/N-ethyl adjacent to an activating group) is 1. The summed E-state index contributed by atoms with van der Waals surface area (Å²) in [5.74, 6) is 3.80. The molecule has 0 aromatic rings. The standard InChI is InChI=1S/C55H83N5O7/c1-30(2)14-13-21-55(9)41-25-38(41)45(33(6)65-44(62)27-43(61)60-23-22-58(10)29-60)51(67-55)36(20-15-31(3)4)37(34-17-18-34)26-42-48-46(40(28-56)52(57)59(42)11)39-24-35(19-16-32(5)53(63)64-12)66-54(7,8)50-47(39)49(48)50/h14-16,33-42,44,46-50,57,62H,13,17-27,29H2,1-12H3. The number of allylic oxidation sites excluding steroid dienone is 5. The highest BCUT2D eigenvalue weighted by molar-refractivity contribution is 5.87. The van der Waals surface area contributed by atoms with Gasteiger partial charge in [0.15, 0.2) is 6.29 Å². The predicted molar refractivity (Wildman–Crippen MR) is 259 cm³/mol. The first kappa shape index (κ1) is 49.9. The Bertz CT molecular complexity index is 2080. The quantitative estimate of drug-likeness (QED) is 0.0591. The molecule has 12 heteroatoms.